The van der Waals surface area contributed by atoms with Crippen LogP contribution in [0.25, 0.3) is 11.3 Å². The van der Waals surface area contributed by atoms with E-state index in [0.29, 0.717) is 22.2 Å². The summed E-state index contributed by atoms with van der Waals surface area (Å²) in [5.74, 6) is 0.164. The Hall–Kier alpha value is -2.78. The van der Waals surface area contributed by atoms with Gasteiger partial charge in [-0.25, -0.2) is 9.97 Å². The lowest BCUT2D eigenvalue weighted by molar-refractivity contribution is -0.0498. The fraction of sp³-hybridized carbons (Fsp3) is 0.167. The quantitative estimate of drug-likeness (QED) is 0.541. The third kappa shape index (κ3) is 4.73. The second kappa shape index (κ2) is 8.49. The van der Waals surface area contributed by atoms with Crippen molar-refractivity contribution in [1.82, 2.24) is 9.97 Å². The largest absolute Gasteiger partial charge is 0.435 e. The van der Waals surface area contributed by atoms with Gasteiger partial charge in [0.05, 0.1) is 5.69 Å². The molecule has 1 aromatic carbocycles. The zero-order chi connectivity index (χ0) is 20.3. The number of aryl methyl sites for hydroxylation is 1. The Morgan fingerprint density at radius 3 is 2.57 bits per heavy atom. The summed E-state index contributed by atoms with van der Waals surface area (Å²) in [6.45, 7) is -1.02. The normalized spacial score (nSPS) is 10.8. The predicted molar refractivity (Wildman–Crippen MR) is 106 cm³/mol. The minimum Gasteiger partial charge on any atom is -0.435 e. The van der Waals surface area contributed by atoms with Crippen LogP contribution in [0.5, 0.6) is 5.75 Å². The highest BCUT2D eigenvalue weighted by Gasteiger charge is 2.15. The molecule has 0 saturated heterocycles. The number of carbonyl (C=O) groups excluding carboxylic acids is 1. The Labute approximate surface area is 168 Å². The zero-order valence-electron chi connectivity index (χ0n) is 14.8. The first-order valence-corrected chi connectivity index (χ1v) is 9.24. The Bertz CT molecular complexity index is 996. The van der Waals surface area contributed by atoms with E-state index in [9.17, 15) is 13.6 Å². The minimum atomic E-state index is -2.88. The van der Waals surface area contributed by atoms with Gasteiger partial charge in [0.2, 0.25) is 0 Å². The molecule has 146 valence electrons. The van der Waals surface area contributed by atoms with Crippen molar-refractivity contribution in [3.05, 3.63) is 52.0 Å². The standard InChI is InChI=1S/C18H15ClF2N4O2S/c1-9-15(10-3-5-12(6-4-10)27-17(20)21)24-18(28-9)25-16(26)11-7-13(19)23-14(8-11)22-2/h3-8,17H,1-2H3,(H,22,23)(H,24,25,26). The molecule has 3 aromatic rings. The molecule has 0 fully saturated rings. The van der Waals surface area contributed by atoms with E-state index < -0.39 is 6.61 Å². The molecule has 0 aliphatic rings. The van der Waals surface area contributed by atoms with Gasteiger partial charge in [0.25, 0.3) is 5.91 Å². The first kappa shape index (κ1) is 20.0. The number of halogens is 3. The third-order valence-electron chi connectivity index (χ3n) is 3.68. The molecule has 6 nitrogen and oxygen atoms in total. The van der Waals surface area contributed by atoms with Crippen molar-refractivity contribution in [2.75, 3.05) is 17.7 Å². The van der Waals surface area contributed by atoms with Crippen LogP contribution in [0.3, 0.4) is 0 Å². The lowest BCUT2D eigenvalue weighted by Crippen LogP contribution is -2.12. The Kier molecular flexibility index (Phi) is 6.05. The number of rotatable bonds is 6. The molecule has 0 aliphatic heterocycles. The van der Waals surface area contributed by atoms with Crippen LogP contribution in [0, 0.1) is 6.92 Å². The summed E-state index contributed by atoms with van der Waals surface area (Å²) in [6.07, 6.45) is 0. The average molecular weight is 425 g/mol. The molecule has 2 aromatic heterocycles. The number of anilines is 2. The highest BCUT2D eigenvalue weighted by atomic mass is 35.5. The zero-order valence-corrected chi connectivity index (χ0v) is 16.4. The molecular formula is C18H15ClF2N4O2S. The van der Waals surface area contributed by atoms with Crippen molar-refractivity contribution in [3.63, 3.8) is 0 Å². The number of amides is 1. The maximum absolute atomic E-state index is 12.5. The van der Waals surface area contributed by atoms with Crippen LogP contribution in [0.2, 0.25) is 5.15 Å². The molecule has 0 bridgehead atoms. The summed E-state index contributed by atoms with van der Waals surface area (Å²) in [7, 11) is 1.68. The van der Waals surface area contributed by atoms with Crippen LogP contribution >= 0.6 is 22.9 Å². The van der Waals surface area contributed by atoms with Gasteiger partial charge in [-0.2, -0.15) is 8.78 Å². The summed E-state index contributed by atoms with van der Waals surface area (Å²) in [4.78, 5) is 21.8. The van der Waals surface area contributed by atoms with E-state index in [1.54, 1.807) is 25.2 Å². The van der Waals surface area contributed by atoms with Crippen molar-refractivity contribution in [2.45, 2.75) is 13.5 Å². The van der Waals surface area contributed by atoms with E-state index >= 15 is 0 Å². The van der Waals surface area contributed by atoms with Crippen molar-refractivity contribution in [3.8, 4) is 17.0 Å². The van der Waals surface area contributed by atoms with Crippen LogP contribution in [-0.4, -0.2) is 29.5 Å². The molecule has 0 aliphatic carbocycles. The lowest BCUT2D eigenvalue weighted by atomic mass is 10.1. The molecular weight excluding hydrogens is 410 g/mol. The van der Waals surface area contributed by atoms with Gasteiger partial charge in [-0.05, 0) is 43.3 Å². The molecule has 10 heteroatoms. The lowest BCUT2D eigenvalue weighted by Gasteiger charge is -2.05. The number of carbonyl (C=O) groups is 1. The summed E-state index contributed by atoms with van der Waals surface area (Å²) in [5, 5.41) is 6.17. The number of ether oxygens (including phenoxy) is 1. The van der Waals surface area contributed by atoms with E-state index in [4.69, 9.17) is 11.6 Å². The molecule has 28 heavy (non-hydrogen) atoms. The first-order valence-electron chi connectivity index (χ1n) is 8.05. The van der Waals surface area contributed by atoms with Gasteiger partial charge < -0.3 is 10.1 Å². The minimum absolute atomic E-state index is 0.0649. The van der Waals surface area contributed by atoms with Gasteiger partial charge >= 0.3 is 6.61 Å². The molecule has 0 atom stereocenters. The van der Waals surface area contributed by atoms with E-state index in [1.165, 1.54) is 29.5 Å². The van der Waals surface area contributed by atoms with Crippen molar-refractivity contribution in [2.24, 2.45) is 0 Å². The number of benzene rings is 1. The third-order valence-corrected chi connectivity index (χ3v) is 4.76. The molecule has 3 rings (SSSR count). The fourth-order valence-corrected chi connectivity index (χ4v) is 3.48. The van der Waals surface area contributed by atoms with Gasteiger partial charge in [-0.15, -0.1) is 11.3 Å². The fourth-order valence-electron chi connectivity index (χ4n) is 2.44. The van der Waals surface area contributed by atoms with Crippen LogP contribution < -0.4 is 15.4 Å². The van der Waals surface area contributed by atoms with Crippen molar-refractivity contribution in [1.29, 1.82) is 0 Å². The first-order chi connectivity index (χ1) is 13.4. The van der Waals surface area contributed by atoms with Gasteiger partial charge in [0.1, 0.15) is 16.7 Å². The summed E-state index contributed by atoms with van der Waals surface area (Å²) < 4.78 is 28.9. The summed E-state index contributed by atoms with van der Waals surface area (Å²) in [5.41, 5.74) is 1.71. The number of thiazole rings is 1. The molecule has 2 heterocycles. The topological polar surface area (TPSA) is 76.1 Å². The number of alkyl halides is 2. The van der Waals surface area contributed by atoms with E-state index in [1.807, 2.05) is 6.92 Å². The Morgan fingerprint density at radius 1 is 1.21 bits per heavy atom. The number of nitrogens with zero attached hydrogens (tertiary/aromatic N) is 2. The summed E-state index contributed by atoms with van der Waals surface area (Å²) in [6, 6.07) is 9.18. The van der Waals surface area contributed by atoms with Crippen LogP contribution in [0.4, 0.5) is 19.7 Å². The van der Waals surface area contributed by atoms with Crippen LogP contribution in [0.15, 0.2) is 36.4 Å². The van der Waals surface area contributed by atoms with Crippen molar-refractivity contribution < 1.29 is 18.3 Å². The maximum atomic E-state index is 12.5. The summed E-state index contributed by atoms with van der Waals surface area (Å²) >= 11 is 7.23. The van der Waals surface area contributed by atoms with Crippen LogP contribution in [-0.2, 0) is 0 Å². The molecule has 2 N–H and O–H groups in total. The van der Waals surface area contributed by atoms with E-state index in [-0.39, 0.29) is 16.8 Å². The second-order valence-electron chi connectivity index (χ2n) is 5.59. The predicted octanol–water partition coefficient (Wildman–Crippen LogP) is 5.06. The second-order valence-corrected chi connectivity index (χ2v) is 7.19. The molecule has 0 saturated carbocycles. The number of hydrogen-bond acceptors (Lipinski definition) is 6. The molecule has 0 radical (unpaired) electrons. The maximum Gasteiger partial charge on any atom is 0.387 e. The SMILES string of the molecule is CNc1cc(C(=O)Nc2nc(-c3ccc(OC(F)F)cc3)c(C)s2)cc(Cl)n1. The van der Waals surface area contributed by atoms with E-state index in [0.717, 1.165) is 10.4 Å². The van der Waals surface area contributed by atoms with E-state index in [2.05, 4.69) is 25.3 Å². The molecule has 1 amide bonds. The highest BCUT2D eigenvalue weighted by molar-refractivity contribution is 7.16. The number of aromatic nitrogens is 2. The number of hydrogen-bond donors (Lipinski definition) is 2. The monoisotopic (exact) mass is 424 g/mol. The molecule has 0 unspecified atom stereocenters. The Morgan fingerprint density at radius 2 is 1.93 bits per heavy atom. The van der Waals surface area contributed by atoms with Gasteiger partial charge in [0.15, 0.2) is 5.13 Å². The Balaban J connectivity index is 1.78. The van der Waals surface area contributed by atoms with Crippen LogP contribution in [0.1, 0.15) is 15.2 Å². The van der Waals surface area contributed by atoms with Gasteiger partial charge in [-0.3, -0.25) is 10.1 Å². The highest BCUT2D eigenvalue weighted by Crippen LogP contribution is 2.32. The van der Waals surface area contributed by atoms with Crippen molar-refractivity contribution >= 4 is 39.8 Å². The number of pyridine rings is 1. The van der Waals surface area contributed by atoms with Gasteiger partial charge in [-0.1, -0.05) is 11.6 Å². The average Bonchev–Trinajstić information content (AvgIpc) is 3.01. The van der Waals surface area contributed by atoms with Gasteiger partial charge in [0, 0.05) is 23.1 Å². The number of nitrogens with one attached hydrogen (secondary N) is 2. The molecule has 0 spiro atoms. The smallest absolute Gasteiger partial charge is 0.387 e.